The van der Waals surface area contributed by atoms with Crippen LogP contribution in [-0.2, 0) is 4.74 Å². The van der Waals surface area contributed by atoms with E-state index in [2.05, 4.69) is 29.4 Å². The van der Waals surface area contributed by atoms with Crippen LogP contribution in [0.1, 0.15) is 26.2 Å². The molecule has 0 N–H and O–H groups in total. The molecule has 0 aromatic heterocycles. The van der Waals surface area contributed by atoms with Crippen LogP contribution >= 0.6 is 15.9 Å². The number of alkyl halides is 1. The molecular weight excluding hydrogens is 228 g/mol. The Morgan fingerprint density at radius 2 is 2.46 bits per heavy atom. The van der Waals surface area contributed by atoms with Crippen molar-refractivity contribution in [2.75, 3.05) is 11.9 Å². The van der Waals surface area contributed by atoms with Crippen molar-refractivity contribution in [3.8, 4) is 0 Å². The summed E-state index contributed by atoms with van der Waals surface area (Å²) in [6, 6.07) is 0. The van der Waals surface area contributed by atoms with Gasteiger partial charge in [0.25, 0.3) is 0 Å². The topological polar surface area (TPSA) is 9.23 Å². The fraction of sp³-hybridized carbons (Fsp3) is 0.818. The largest absolute Gasteiger partial charge is 0.377 e. The molecule has 1 aliphatic heterocycles. The number of halogens is 1. The van der Waals surface area contributed by atoms with Crippen LogP contribution in [0.3, 0.4) is 0 Å². The SMILES string of the molecule is C=C(C)C12COC(CCCBr)C1C2. The van der Waals surface area contributed by atoms with Crippen LogP contribution in [0.2, 0.25) is 0 Å². The summed E-state index contributed by atoms with van der Waals surface area (Å²) in [7, 11) is 0. The summed E-state index contributed by atoms with van der Waals surface area (Å²) in [6.07, 6.45) is 4.29. The predicted molar refractivity (Wildman–Crippen MR) is 58.1 cm³/mol. The molecule has 74 valence electrons. The molecule has 1 aliphatic carbocycles. The van der Waals surface area contributed by atoms with Crippen LogP contribution < -0.4 is 0 Å². The minimum atomic E-state index is 0.400. The van der Waals surface area contributed by atoms with E-state index in [1.165, 1.54) is 24.8 Å². The van der Waals surface area contributed by atoms with E-state index in [9.17, 15) is 0 Å². The molecule has 1 saturated carbocycles. The summed E-state index contributed by atoms with van der Waals surface area (Å²) in [6.45, 7) is 7.16. The molecule has 3 unspecified atom stereocenters. The summed E-state index contributed by atoms with van der Waals surface area (Å²) in [4.78, 5) is 0. The molecule has 0 bridgehead atoms. The van der Waals surface area contributed by atoms with Crippen LogP contribution in [0.15, 0.2) is 12.2 Å². The van der Waals surface area contributed by atoms with Crippen LogP contribution in [0, 0.1) is 11.3 Å². The van der Waals surface area contributed by atoms with E-state index >= 15 is 0 Å². The van der Waals surface area contributed by atoms with Crippen molar-refractivity contribution in [3.05, 3.63) is 12.2 Å². The minimum absolute atomic E-state index is 0.400. The Morgan fingerprint density at radius 1 is 1.69 bits per heavy atom. The second-order valence-electron chi connectivity index (χ2n) is 4.43. The highest BCUT2D eigenvalue weighted by Crippen LogP contribution is 2.64. The number of hydrogen-bond donors (Lipinski definition) is 0. The molecule has 0 amide bonds. The molecule has 0 aromatic carbocycles. The van der Waals surface area contributed by atoms with E-state index in [0.717, 1.165) is 17.9 Å². The first kappa shape index (κ1) is 9.72. The molecule has 2 rings (SSSR count). The van der Waals surface area contributed by atoms with Crippen molar-refractivity contribution in [2.24, 2.45) is 11.3 Å². The van der Waals surface area contributed by atoms with Crippen molar-refractivity contribution in [1.29, 1.82) is 0 Å². The lowest BCUT2D eigenvalue weighted by molar-refractivity contribution is 0.0680. The van der Waals surface area contributed by atoms with Gasteiger partial charge in [-0.3, -0.25) is 0 Å². The van der Waals surface area contributed by atoms with E-state index in [4.69, 9.17) is 4.74 Å². The van der Waals surface area contributed by atoms with Crippen molar-refractivity contribution in [3.63, 3.8) is 0 Å². The fourth-order valence-electron chi connectivity index (χ4n) is 2.54. The Morgan fingerprint density at radius 3 is 2.92 bits per heavy atom. The van der Waals surface area contributed by atoms with Crippen molar-refractivity contribution >= 4 is 15.9 Å². The zero-order valence-electron chi connectivity index (χ0n) is 8.18. The van der Waals surface area contributed by atoms with E-state index in [1.54, 1.807) is 0 Å². The van der Waals surface area contributed by atoms with E-state index in [1.807, 2.05) is 0 Å². The molecule has 0 aromatic rings. The third kappa shape index (κ3) is 1.48. The highest BCUT2D eigenvalue weighted by Gasteiger charge is 2.62. The fourth-order valence-corrected chi connectivity index (χ4v) is 2.86. The maximum Gasteiger partial charge on any atom is 0.0613 e. The van der Waals surface area contributed by atoms with Gasteiger partial charge in [0, 0.05) is 10.7 Å². The molecule has 2 fully saturated rings. The Bertz CT molecular complexity index is 226. The van der Waals surface area contributed by atoms with Gasteiger partial charge in [-0.05, 0) is 32.1 Å². The lowest BCUT2D eigenvalue weighted by Gasteiger charge is -2.10. The Balaban J connectivity index is 1.90. The molecule has 0 radical (unpaired) electrons. The molecule has 0 spiro atoms. The highest BCUT2D eigenvalue weighted by atomic mass is 79.9. The third-order valence-electron chi connectivity index (χ3n) is 3.61. The van der Waals surface area contributed by atoms with Crippen LogP contribution in [0.25, 0.3) is 0 Å². The van der Waals surface area contributed by atoms with Crippen LogP contribution in [0.4, 0.5) is 0 Å². The monoisotopic (exact) mass is 244 g/mol. The van der Waals surface area contributed by atoms with Crippen molar-refractivity contribution < 1.29 is 4.74 Å². The zero-order chi connectivity index (χ0) is 9.47. The molecule has 2 aliphatic rings. The third-order valence-corrected chi connectivity index (χ3v) is 4.17. The van der Waals surface area contributed by atoms with Crippen LogP contribution in [-0.4, -0.2) is 18.0 Å². The minimum Gasteiger partial charge on any atom is -0.377 e. The lowest BCUT2D eigenvalue weighted by Crippen LogP contribution is -2.10. The first-order valence-corrected chi connectivity index (χ1v) is 6.16. The van der Waals surface area contributed by atoms with Gasteiger partial charge in [0.2, 0.25) is 0 Å². The number of ether oxygens (including phenoxy) is 1. The molecule has 3 atom stereocenters. The normalized spacial score (nSPS) is 41.7. The van der Waals surface area contributed by atoms with E-state index < -0.39 is 0 Å². The first-order valence-electron chi connectivity index (χ1n) is 5.04. The number of rotatable bonds is 4. The van der Waals surface area contributed by atoms with Gasteiger partial charge in [0.1, 0.15) is 0 Å². The van der Waals surface area contributed by atoms with Gasteiger partial charge in [0.05, 0.1) is 12.7 Å². The smallest absolute Gasteiger partial charge is 0.0613 e. The predicted octanol–water partition coefficient (Wildman–Crippen LogP) is 3.14. The summed E-state index contributed by atoms with van der Waals surface area (Å²) in [5.41, 5.74) is 1.73. The van der Waals surface area contributed by atoms with E-state index in [-0.39, 0.29) is 0 Å². The maximum absolute atomic E-state index is 5.80. The molecule has 1 nitrogen and oxygen atoms in total. The number of hydrogen-bond acceptors (Lipinski definition) is 1. The summed E-state index contributed by atoms with van der Waals surface area (Å²) in [5, 5.41) is 1.10. The van der Waals surface area contributed by atoms with Gasteiger partial charge < -0.3 is 4.74 Å². The summed E-state index contributed by atoms with van der Waals surface area (Å²) >= 11 is 3.46. The first-order chi connectivity index (χ1) is 6.20. The van der Waals surface area contributed by atoms with Crippen molar-refractivity contribution in [1.82, 2.24) is 0 Å². The Labute approximate surface area is 88.7 Å². The molecular formula is C11H17BrO. The molecule has 1 saturated heterocycles. The average molecular weight is 245 g/mol. The van der Waals surface area contributed by atoms with Crippen molar-refractivity contribution in [2.45, 2.75) is 32.3 Å². The number of fused-ring (bicyclic) bond motifs is 1. The maximum atomic E-state index is 5.80. The second kappa shape index (κ2) is 3.39. The Kier molecular flexibility index (Phi) is 2.54. The van der Waals surface area contributed by atoms with Gasteiger partial charge in [-0.2, -0.15) is 0 Å². The van der Waals surface area contributed by atoms with Crippen LogP contribution in [0.5, 0.6) is 0 Å². The van der Waals surface area contributed by atoms with Gasteiger partial charge in [0.15, 0.2) is 0 Å². The highest BCUT2D eigenvalue weighted by molar-refractivity contribution is 9.09. The zero-order valence-corrected chi connectivity index (χ0v) is 9.77. The molecule has 2 heteroatoms. The second-order valence-corrected chi connectivity index (χ2v) is 5.22. The molecule has 13 heavy (non-hydrogen) atoms. The lowest BCUT2D eigenvalue weighted by atomic mass is 9.96. The quantitative estimate of drug-likeness (QED) is 0.546. The van der Waals surface area contributed by atoms with Gasteiger partial charge >= 0.3 is 0 Å². The average Bonchev–Trinajstić information content (AvgIpc) is 2.74. The summed E-state index contributed by atoms with van der Waals surface area (Å²) in [5.74, 6) is 0.795. The van der Waals surface area contributed by atoms with Gasteiger partial charge in [-0.25, -0.2) is 0 Å². The molecule has 1 heterocycles. The van der Waals surface area contributed by atoms with Gasteiger partial charge in [-0.1, -0.05) is 28.1 Å². The standard InChI is InChI=1S/C11H17BrO/c1-8(2)11-6-9(11)10(13-7-11)4-3-5-12/h9-10H,1,3-7H2,2H3. The Hall–Kier alpha value is 0.180. The summed E-state index contributed by atoms with van der Waals surface area (Å²) < 4.78 is 5.80. The van der Waals surface area contributed by atoms with E-state index in [0.29, 0.717) is 11.5 Å². The van der Waals surface area contributed by atoms with Gasteiger partial charge in [-0.15, -0.1) is 0 Å².